The number of anilines is 1. The third-order valence-corrected chi connectivity index (χ3v) is 4.26. The van der Waals surface area contributed by atoms with Crippen molar-refractivity contribution >= 4 is 23.5 Å². The van der Waals surface area contributed by atoms with E-state index in [-0.39, 0.29) is 18.5 Å². The number of carboxylic acids is 1. The molecule has 1 aliphatic carbocycles. The Morgan fingerprint density at radius 3 is 2.25 bits per heavy atom. The van der Waals surface area contributed by atoms with Gasteiger partial charge in [0, 0.05) is 11.7 Å². The first-order chi connectivity index (χ1) is 11.3. The third-order valence-electron chi connectivity index (χ3n) is 4.26. The first-order valence-electron chi connectivity index (χ1n) is 7.88. The van der Waals surface area contributed by atoms with Crippen LogP contribution in [-0.2, 0) is 14.4 Å². The molecule has 0 aliphatic heterocycles. The lowest BCUT2D eigenvalue weighted by atomic mass is 9.72. The fourth-order valence-electron chi connectivity index (χ4n) is 2.71. The van der Waals surface area contributed by atoms with Crippen molar-refractivity contribution in [1.82, 2.24) is 4.90 Å². The molecular formula is C17H21FN2O4. The molecule has 2 unspecified atom stereocenters. The highest BCUT2D eigenvalue weighted by molar-refractivity contribution is 5.95. The second kappa shape index (κ2) is 7.42. The van der Waals surface area contributed by atoms with Crippen LogP contribution in [0.4, 0.5) is 10.1 Å². The van der Waals surface area contributed by atoms with Crippen LogP contribution in [0, 0.1) is 17.7 Å². The van der Waals surface area contributed by atoms with E-state index in [4.69, 9.17) is 5.11 Å². The van der Waals surface area contributed by atoms with E-state index in [1.54, 1.807) is 13.8 Å². The highest BCUT2D eigenvalue weighted by atomic mass is 19.1. The van der Waals surface area contributed by atoms with Gasteiger partial charge in [0.2, 0.25) is 11.8 Å². The molecule has 1 saturated carbocycles. The van der Waals surface area contributed by atoms with E-state index in [2.05, 4.69) is 5.32 Å². The number of nitrogens with zero attached hydrogens (tertiary/aromatic N) is 1. The van der Waals surface area contributed by atoms with Crippen LogP contribution in [0.1, 0.15) is 26.7 Å². The Labute approximate surface area is 139 Å². The van der Waals surface area contributed by atoms with Crippen molar-refractivity contribution in [2.75, 3.05) is 11.9 Å². The Kier molecular flexibility index (Phi) is 5.54. The lowest BCUT2D eigenvalue weighted by Crippen LogP contribution is -2.50. The summed E-state index contributed by atoms with van der Waals surface area (Å²) in [6, 6.07) is 5.09. The molecule has 1 aliphatic rings. The fraction of sp³-hybridized carbons (Fsp3) is 0.471. The van der Waals surface area contributed by atoms with E-state index in [1.165, 1.54) is 29.2 Å². The maximum absolute atomic E-state index is 12.9. The van der Waals surface area contributed by atoms with Crippen molar-refractivity contribution in [3.63, 3.8) is 0 Å². The molecule has 24 heavy (non-hydrogen) atoms. The number of amides is 2. The average Bonchev–Trinajstić information content (AvgIpc) is 2.45. The molecule has 6 nitrogen and oxygen atoms in total. The fourth-order valence-corrected chi connectivity index (χ4v) is 2.71. The van der Waals surface area contributed by atoms with Crippen molar-refractivity contribution in [1.29, 1.82) is 0 Å². The Morgan fingerprint density at radius 2 is 1.79 bits per heavy atom. The van der Waals surface area contributed by atoms with Gasteiger partial charge in [0.1, 0.15) is 12.4 Å². The van der Waals surface area contributed by atoms with Gasteiger partial charge in [0.25, 0.3) is 0 Å². The van der Waals surface area contributed by atoms with E-state index in [0.717, 1.165) is 0 Å². The third kappa shape index (κ3) is 4.10. The van der Waals surface area contributed by atoms with E-state index < -0.39 is 29.5 Å². The summed E-state index contributed by atoms with van der Waals surface area (Å²) in [7, 11) is 0. The molecule has 2 atom stereocenters. The predicted octanol–water partition coefficient (Wildman–Crippen LogP) is 2.11. The van der Waals surface area contributed by atoms with Crippen LogP contribution in [0.2, 0.25) is 0 Å². The summed E-state index contributed by atoms with van der Waals surface area (Å²) in [4.78, 5) is 37.2. The van der Waals surface area contributed by atoms with Gasteiger partial charge in [-0.15, -0.1) is 0 Å². The molecular weight excluding hydrogens is 315 g/mol. The Bertz CT molecular complexity index is 630. The predicted molar refractivity (Wildman–Crippen MR) is 85.7 cm³/mol. The van der Waals surface area contributed by atoms with Gasteiger partial charge in [-0.25, -0.2) is 4.39 Å². The molecule has 0 aromatic heterocycles. The first-order valence-corrected chi connectivity index (χ1v) is 7.88. The summed E-state index contributed by atoms with van der Waals surface area (Å²) in [5, 5.41) is 11.7. The van der Waals surface area contributed by atoms with Crippen LogP contribution in [0.15, 0.2) is 24.3 Å². The number of carboxylic acid groups (broad SMARTS) is 1. The zero-order valence-corrected chi connectivity index (χ0v) is 13.7. The monoisotopic (exact) mass is 336 g/mol. The lowest BCUT2D eigenvalue weighted by molar-refractivity contribution is -0.157. The molecule has 0 spiro atoms. The number of aliphatic carboxylic acids is 1. The maximum Gasteiger partial charge on any atom is 0.307 e. The number of rotatable bonds is 6. The minimum Gasteiger partial charge on any atom is -0.481 e. The van der Waals surface area contributed by atoms with Gasteiger partial charge in [0.05, 0.1) is 11.8 Å². The van der Waals surface area contributed by atoms with Crippen molar-refractivity contribution in [3.8, 4) is 0 Å². The van der Waals surface area contributed by atoms with Gasteiger partial charge in [-0.2, -0.15) is 0 Å². The highest BCUT2D eigenvalue weighted by Crippen LogP contribution is 2.36. The van der Waals surface area contributed by atoms with Gasteiger partial charge >= 0.3 is 5.97 Å². The van der Waals surface area contributed by atoms with Crippen molar-refractivity contribution in [3.05, 3.63) is 30.1 Å². The molecule has 130 valence electrons. The molecule has 2 amide bonds. The van der Waals surface area contributed by atoms with Crippen LogP contribution < -0.4 is 5.32 Å². The number of hydrogen-bond donors (Lipinski definition) is 2. The normalized spacial score (nSPS) is 19.5. The van der Waals surface area contributed by atoms with Crippen LogP contribution in [0.25, 0.3) is 0 Å². The Balaban J connectivity index is 2.00. The van der Waals surface area contributed by atoms with E-state index >= 15 is 0 Å². The molecule has 0 heterocycles. The largest absolute Gasteiger partial charge is 0.481 e. The number of hydrogen-bond acceptors (Lipinski definition) is 3. The zero-order valence-electron chi connectivity index (χ0n) is 13.7. The molecule has 0 radical (unpaired) electrons. The van der Waals surface area contributed by atoms with Gasteiger partial charge in [0.15, 0.2) is 0 Å². The summed E-state index contributed by atoms with van der Waals surface area (Å²) in [6.45, 7) is 3.38. The van der Waals surface area contributed by atoms with Crippen molar-refractivity contribution < 1.29 is 23.9 Å². The smallest absolute Gasteiger partial charge is 0.307 e. The maximum atomic E-state index is 12.9. The topological polar surface area (TPSA) is 86.7 Å². The number of benzene rings is 1. The summed E-state index contributed by atoms with van der Waals surface area (Å²) >= 11 is 0. The van der Waals surface area contributed by atoms with E-state index in [1.807, 2.05) is 0 Å². The molecule has 2 N–H and O–H groups in total. The quantitative estimate of drug-likeness (QED) is 0.833. The lowest BCUT2D eigenvalue weighted by Gasteiger charge is -2.37. The molecule has 2 rings (SSSR count). The van der Waals surface area contributed by atoms with Crippen molar-refractivity contribution in [2.45, 2.75) is 32.7 Å². The summed E-state index contributed by atoms with van der Waals surface area (Å²) in [5.41, 5.74) is 0.435. The van der Waals surface area contributed by atoms with Crippen LogP contribution in [-0.4, -0.2) is 40.4 Å². The molecule has 0 saturated heterocycles. The SMILES string of the molecule is CC(C)N(CC(=O)Nc1ccc(F)cc1)C(=O)C1CCC1C(=O)O. The second-order valence-electron chi connectivity index (χ2n) is 6.24. The van der Waals surface area contributed by atoms with Crippen LogP contribution in [0.3, 0.4) is 0 Å². The average molecular weight is 336 g/mol. The summed E-state index contributed by atoms with van der Waals surface area (Å²) < 4.78 is 12.9. The van der Waals surface area contributed by atoms with Crippen LogP contribution >= 0.6 is 0 Å². The van der Waals surface area contributed by atoms with Crippen LogP contribution in [0.5, 0.6) is 0 Å². The Morgan fingerprint density at radius 1 is 1.21 bits per heavy atom. The first kappa shape index (κ1) is 17.9. The van der Waals surface area contributed by atoms with E-state index in [0.29, 0.717) is 18.5 Å². The standard InChI is InChI=1S/C17H21FN2O4/c1-10(2)20(16(22)13-7-8-14(13)17(23)24)9-15(21)19-12-5-3-11(18)4-6-12/h3-6,10,13-14H,7-9H2,1-2H3,(H,19,21)(H,23,24). The highest BCUT2D eigenvalue weighted by Gasteiger charge is 2.43. The number of halogens is 1. The van der Waals surface area contributed by atoms with Gasteiger partial charge in [-0.05, 0) is 51.0 Å². The molecule has 1 aromatic carbocycles. The zero-order chi connectivity index (χ0) is 17.9. The molecule has 1 aromatic rings. The van der Waals surface area contributed by atoms with Gasteiger partial charge in [-0.1, -0.05) is 0 Å². The number of carbonyl (C=O) groups excluding carboxylic acids is 2. The summed E-state index contributed by atoms with van der Waals surface area (Å²) in [5.74, 6) is -3.33. The minimum absolute atomic E-state index is 0.170. The molecule has 0 bridgehead atoms. The van der Waals surface area contributed by atoms with E-state index in [9.17, 15) is 18.8 Å². The van der Waals surface area contributed by atoms with Crippen molar-refractivity contribution in [2.24, 2.45) is 11.8 Å². The van der Waals surface area contributed by atoms with Gasteiger partial charge in [-0.3, -0.25) is 14.4 Å². The Hall–Kier alpha value is -2.44. The van der Waals surface area contributed by atoms with Gasteiger partial charge < -0.3 is 15.3 Å². The molecule has 7 heteroatoms. The number of carbonyl (C=O) groups is 3. The minimum atomic E-state index is -0.973. The number of nitrogens with one attached hydrogen (secondary N) is 1. The second-order valence-corrected chi connectivity index (χ2v) is 6.24. The molecule has 1 fully saturated rings. The summed E-state index contributed by atoms with van der Waals surface area (Å²) in [6.07, 6.45) is 1.01.